The molecule has 28 heavy (non-hydrogen) atoms. The highest BCUT2D eigenvalue weighted by Crippen LogP contribution is 2.16. The van der Waals surface area contributed by atoms with E-state index in [0.717, 1.165) is 0 Å². The van der Waals surface area contributed by atoms with Gasteiger partial charge >= 0.3 is 12.2 Å². The molecule has 0 saturated carbocycles. The fourth-order valence-electron chi connectivity index (χ4n) is 2.85. The first-order valence-electron chi connectivity index (χ1n) is 9.50. The van der Waals surface area contributed by atoms with Crippen LogP contribution in [0.15, 0.2) is 24.3 Å². The van der Waals surface area contributed by atoms with E-state index in [2.05, 4.69) is 10.6 Å². The van der Waals surface area contributed by atoms with E-state index in [-0.39, 0.29) is 18.0 Å². The third kappa shape index (κ3) is 6.75. The number of nitrogens with zero attached hydrogens (tertiary/aromatic N) is 1. The Bertz CT molecular complexity index is 706. The van der Waals surface area contributed by atoms with Crippen LogP contribution in [0.3, 0.4) is 0 Å². The van der Waals surface area contributed by atoms with Crippen LogP contribution in [-0.4, -0.2) is 54.3 Å². The van der Waals surface area contributed by atoms with Gasteiger partial charge in [0.1, 0.15) is 5.60 Å². The summed E-state index contributed by atoms with van der Waals surface area (Å²) in [5, 5.41) is 5.61. The fourth-order valence-corrected chi connectivity index (χ4v) is 2.85. The van der Waals surface area contributed by atoms with Gasteiger partial charge in [-0.3, -0.25) is 10.1 Å². The van der Waals surface area contributed by atoms with Gasteiger partial charge in [0.15, 0.2) is 0 Å². The molecule has 1 aliphatic heterocycles. The Morgan fingerprint density at radius 1 is 1.18 bits per heavy atom. The van der Waals surface area contributed by atoms with E-state index in [1.807, 2.05) is 0 Å². The van der Waals surface area contributed by atoms with Gasteiger partial charge in [0.25, 0.3) is 5.91 Å². The molecular weight excluding hydrogens is 362 g/mol. The Kier molecular flexibility index (Phi) is 7.25. The molecule has 1 aromatic carbocycles. The van der Waals surface area contributed by atoms with E-state index in [1.54, 1.807) is 56.9 Å². The van der Waals surface area contributed by atoms with Crippen molar-refractivity contribution in [3.05, 3.63) is 29.8 Å². The quantitative estimate of drug-likeness (QED) is 0.820. The molecule has 8 nitrogen and oxygen atoms in total. The highest BCUT2D eigenvalue weighted by atomic mass is 16.6. The Morgan fingerprint density at radius 3 is 2.46 bits per heavy atom. The Hall–Kier alpha value is -2.77. The van der Waals surface area contributed by atoms with Gasteiger partial charge in [-0.15, -0.1) is 0 Å². The average Bonchev–Trinajstić information content (AvgIpc) is 2.61. The van der Waals surface area contributed by atoms with Gasteiger partial charge in [-0.05, 0) is 58.7 Å². The van der Waals surface area contributed by atoms with E-state index in [0.29, 0.717) is 43.8 Å². The normalized spacial score (nSPS) is 14.9. The molecule has 3 amide bonds. The summed E-state index contributed by atoms with van der Waals surface area (Å²) in [6.45, 7) is 8.56. The number of anilines is 1. The molecule has 1 aliphatic rings. The van der Waals surface area contributed by atoms with Crippen LogP contribution in [0.25, 0.3) is 0 Å². The second-order valence-electron chi connectivity index (χ2n) is 7.64. The van der Waals surface area contributed by atoms with E-state index in [1.165, 1.54) is 0 Å². The van der Waals surface area contributed by atoms with Crippen molar-refractivity contribution in [2.45, 2.75) is 52.2 Å². The third-order valence-electron chi connectivity index (χ3n) is 4.13. The van der Waals surface area contributed by atoms with Gasteiger partial charge in [-0.25, -0.2) is 9.59 Å². The zero-order valence-electron chi connectivity index (χ0n) is 16.9. The van der Waals surface area contributed by atoms with Gasteiger partial charge in [0.2, 0.25) is 0 Å². The van der Waals surface area contributed by atoms with Crippen LogP contribution in [-0.2, 0) is 9.47 Å². The number of hydrogen-bond donors (Lipinski definition) is 2. The van der Waals surface area contributed by atoms with Gasteiger partial charge in [0.05, 0.1) is 6.61 Å². The first-order valence-corrected chi connectivity index (χ1v) is 9.50. The van der Waals surface area contributed by atoms with E-state index >= 15 is 0 Å². The summed E-state index contributed by atoms with van der Waals surface area (Å²) in [6.07, 6.45) is 0.449. The molecule has 0 aromatic heterocycles. The lowest BCUT2D eigenvalue weighted by Gasteiger charge is -2.31. The van der Waals surface area contributed by atoms with Crippen molar-refractivity contribution < 1.29 is 23.9 Å². The number of hydrogen-bond acceptors (Lipinski definition) is 5. The molecule has 1 saturated heterocycles. The van der Waals surface area contributed by atoms with Crippen LogP contribution >= 0.6 is 0 Å². The molecule has 0 atom stereocenters. The summed E-state index contributed by atoms with van der Waals surface area (Å²) in [6, 6.07) is 6.67. The standard InChI is InChI=1S/C20H29N3O5/c1-5-27-19(26)23-11-9-15(10-12-23)21-17(24)14-7-6-8-16(13-14)22-18(25)28-20(2,3)4/h6-8,13,15H,5,9-12H2,1-4H3,(H,21,24)(H,22,25). The predicted octanol–water partition coefficient (Wildman–Crippen LogP) is 3.38. The molecule has 2 N–H and O–H groups in total. The topological polar surface area (TPSA) is 97.0 Å². The van der Waals surface area contributed by atoms with Crippen LogP contribution in [0.5, 0.6) is 0 Å². The monoisotopic (exact) mass is 391 g/mol. The molecule has 1 heterocycles. The van der Waals surface area contributed by atoms with Crippen LogP contribution < -0.4 is 10.6 Å². The molecule has 0 aliphatic carbocycles. The molecule has 0 spiro atoms. The molecule has 0 bridgehead atoms. The smallest absolute Gasteiger partial charge is 0.412 e. The molecule has 8 heteroatoms. The van der Waals surface area contributed by atoms with Crippen molar-refractivity contribution in [1.29, 1.82) is 0 Å². The minimum Gasteiger partial charge on any atom is -0.450 e. The molecule has 1 aromatic rings. The zero-order chi connectivity index (χ0) is 20.7. The minimum absolute atomic E-state index is 0.0133. The van der Waals surface area contributed by atoms with E-state index < -0.39 is 11.7 Å². The van der Waals surface area contributed by atoms with Crippen LogP contribution in [0.2, 0.25) is 0 Å². The summed E-state index contributed by atoms with van der Waals surface area (Å²) in [5.74, 6) is -0.220. The van der Waals surface area contributed by atoms with E-state index in [4.69, 9.17) is 9.47 Å². The van der Waals surface area contributed by atoms with Gasteiger partial charge in [-0.1, -0.05) is 6.07 Å². The summed E-state index contributed by atoms with van der Waals surface area (Å²) in [5.41, 5.74) is 0.331. The molecule has 154 valence electrons. The molecule has 1 fully saturated rings. The lowest BCUT2D eigenvalue weighted by atomic mass is 10.0. The fraction of sp³-hybridized carbons (Fsp3) is 0.550. The zero-order valence-corrected chi connectivity index (χ0v) is 16.9. The first kappa shape index (κ1) is 21.5. The summed E-state index contributed by atoms with van der Waals surface area (Å²) >= 11 is 0. The van der Waals surface area contributed by atoms with Crippen LogP contribution in [0, 0.1) is 0 Å². The molecular formula is C20H29N3O5. The summed E-state index contributed by atoms with van der Waals surface area (Å²) < 4.78 is 10.2. The largest absolute Gasteiger partial charge is 0.450 e. The maximum atomic E-state index is 12.5. The minimum atomic E-state index is -0.600. The Balaban J connectivity index is 1.88. The van der Waals surface area contributed by atoms with Crippen molar-refractivity contribution in [2.24, 2.45) is 0 Å². The number of piperidine rings is 1. The average molecular weight is 391 g/mol. The number of carbonyl (C=O) groups excluding carboxylic acids is 3. The number of likely N-dealkylation sites (tertiary alicyclic amines) is 1. The van der Waals surface area contributed by atoms with Crippen molar-refractivity contribution in [3.63, 3.8) is 0 Å². The molecule has 0 unspecified atom stereocenters. The lowest BCUT2D eigenvalue weighted by Crippen LogP contribution is -2.46. The number of nitrogens with one attached hydrogen (secondary N) is 2. The number of ether oxygens (including phenoxy) is 2. The van der Waals surface area contributed by atoms with Crippen molar-refractivity contribution in [2.75, 3.05) is 25.0 Å². The third-order valence-corrected chi connectivity index (χ3v) is 4.13. The van der Waals surface area contributed by atoms with Gasteiger partial charge < -0.3 is 19.7 Å². The van der Waals surface area contributed by atoms with Crippen LogP contribution in [0.4, 0.5) is 15.3 Å². The SMILES string of the molecule is CCOC(=O)N1CCC(NC(=O)c2cccc(NC(=O)OC(C)(C)C)c2)CC1. The number of carbonyl (C=O) groups is 3. The van der Waals surface area contributed by atoms with Crippen LogP contribution in [0.1, 0.15) is 50.9 Å². The second-order valence-corrected chi connectivity index (χ2v) is 7.64. The predicted molar refractivity (Wildman–Crippen MR) is 105 cm³/mol. The highest BCUT2D eigenvalue weighted by Gasteiger charge is 2.25. The summed E-state index contributed by atoms with van der Waals surface area (Å²) in [4.78, 5) is 37.8. The highest BCUT2D eigenvalue weighted by molar-refractivity contribution is 5.96. The maximum Gasteiger partial charge on any atom is 0.412 e. The molecule has 0 radical (unpaired) electrons. The number of amides is 3. The Labute approximate surface area is 165 Å². The van der Waals surface area contributed by atoms with Crippen molar-refractivity contribution in [3.8, 4) is 0 Å². The van der Waals surface area contributed by atoms with Crippen molar-refractivity contribution in [1.82, 2.24) is 10.2 Å². The number of rotatable bonds is 4. The first-order chi connectivity index (χ1) is 13.2. The second kappa shape index (κ2) is 9.43. The van der Waals surface area contributed by atoms with Gasteiger partial charge in [-0.2, -0.15) is 0 Å². The van der Waals surface area contributed by atoms with E-state index in [9.17, 15) is 14.4 Å². The lowest BCUT2D eigenvalue weighted by molar-refractivity contribution is 0.0635. The number of benzene rings is 1. The molecule has 2 rings (SSSR count). The van der Waals surface area contributed by atoms with Crippen molar-refractivity contribution >= 4 is 23.8 Å². The maximum absolute atomic E-state index is 12.5. The summed E-state index contributed by atoms with van der Waals surface area (Å²) in [7, 11) is 0. The van der Waals surface area contributed by atoms with Gasteiger partial charge in [0, 0.05) is 30.4 Å². The Morgan fingerprint density at radius 2 is 1.86 bits per heavy atom.